The number of Topliss-reactive ketones (excluding diaryl/α,β-unsaturated/α-hetero) is 1. The maximum Gasteiger partial charge on any atom is 0.210 e. The van der Waals surface area contributed by atoms with E-state index in [9.17, 15) is 9.18 Å². The standard InChI is InChI=1S/C20H19FN6O2S/c1-11(29-3)17-14(10-23-20-18(17)26-12(2)30-20)8-15(28)6-13-7-16(21)19(22-9-13)27-24-4-5-25-27/h4-5,7,9-11H,6,8H2,1-3H3/t11-/m0/s1. The monoisotopic (exact) mass is 426 g/mol. The summed E-state index contributed by atoms with van der Waals surface area (Å²) in [6, 6.07) is 1.29. The number of aromatic nitrogens is 6. The van der Waals surface area contributed by atoms with Gasteiger partial charge in [0.25, 0.3) is 0 Å². The Morgan fingerprint density at radius 3 is 2.70 bits per heavy atom. The van der Waals surface area contributed by atoms with Gasteiger partial charge in [0.15, 0.2) is 5.82 Å². The topological polar surface area (TPSA) is 95.7 Å². The molecule has 0 spiro atoms. The van der Waals surface area contributed by atoms with E-state index in [0.717, 1.165) is 31.3 Å². The molecule has 0 fully saturated rings. The van der Waals surface area contributed by atoms with Gasteiger partial charge in [0.1, 0.15) is 16.1 Å². The molecule has 8 nitrogen and oxygen atoms in total. The molecule has 0 N–H and O–H groups in total. The zero-order valence-electron chi connectivity index (χ0n) is 16.7. The number of aryl methyl sites for hydroxylation is 1. The third-order valence-corrected chi connectivity index (χ3v) is 5.57. The Labute approximate surface area is 175 Å². The van der Waals surface area contributed by atoms with Gasteiger partial charge in [0.05, 0.1) is 23.5 Å². The van der Waals surface area contributed by atoms with Crippen LogP contribution in [0, 0.1) is 12.7 Å². The van der Waals surface area contributed by atoms with Crippen LogP contribution in [0.2, 0.25) is 0 Å². The highest BCUT2D eigenvalue weighted by molar-refractivity contribution is 7.18. The lowest BCUT2D eigenvalue weighted by Gasteiger charge is -2.15. The normalized spacial score (nSPS) is 12.4. The van der Waals surface area contributed by atoms with Crippen molar-refractivity contribution in [1.82, 2.24) is 29.9 Å². The molecule has 0 saturated heterocycles. The van der Waals surface area contributed by atoms with Crippen LogP contribution in [0.1, 0.15) is 34.7 Å². The van der Waals surface area contributed by atoms with E-state index in [1.165, 1.54) is 36.0 Å². The number of carbonyl (C=O) groups excluding carboxylic acids is 1. The first kappa shape index (κ1) is 20.2. The predicted molar refractivity (Wildman–Crippen MR) is 109 cm³/mol. The molecule has 0 amide bonds. The Hall–Kier alpha value is -3.11. The predicted octanol–water partition coefficient (Wildman–Crippen LogP) is 3.18. The maximum atomic E-state index is 14.4. The van der Waals surface area contributed by atoms with Crippen LogP contribution < -0.4 is 0 Å². The van der Waals surface area contributed by atoms with E-state index in [-0.39, 0.29) is 30.5 Å². The number of carbonyl (C=O) groups is 1. The molecule has 4 aromatic rings. The molecule has 4 aromatic heterocycles. The quantitative estimate of drug-likeness (QED) is 0.448. The number of thiazole rings is 1. The molecule has 0 aromatic carbocycles. The van der Waals surface area contributed by atoms with Gasteiger partial charge in [0, 0.05) is 37.9 Å². The van der Waals surface area contributed by atoms with Crippen molar-refractivity contribution in [2.24, 2.45) is 0 Å². The van der Waals surface area contributed by atoms with Crippen molar-refractivity contribution in [1.29, 1.82) is 0 Å². The molecule has 0 radical (unpaired) electrons. The molecule has 154 valence electrons. The van der Waals surface area contributed by atoms with Crippen LogP contribution in [0.5, 0.6) is 0 Å². The number of halogens is 1. The van der Waals surface area contributed by atoms with Crippen molar-refractivity contribution < 1.29 is 13.9 Å². The molecule has 0 aliphatic carbocycles. The van der Waals surface area contributed by atoms with Crippen LogP contribution >= 0.6 is 11.3 Å². The average Bonchev–Trinajstić information content (AvgIpc) is 3.36. The SMILES string of the molecule is CO[C@@H](C)c1c(CC(=O)Cc2cnc(-n3nccn3)c(F)c2)cnc2sc(C)nc12. The summed E-state index contributed by atoms with van der Waals surface area (Å²) in [5.74, 6) is -0.689. The Kier molecular flexibility index (Phi) is 5.60. The number of methoxy groups -OCH3 is 1. The molecule has 0 saturated carbocycles. The molecule has 4 heterocycles. The van der Waals surface area contributed by atoms with Gasteiger partial charge < -0.3 is 4.74 Å². The van der Waals surface area contributed by atoms with Crippen LogP contribution in [0.15, 0.2) is 30.9 Å². The first-order chi connectivity index (χ1) is 14.5. The molecule has 10 heteroatoms. The van der Waals surface area contributed by atoms with E-state index in [1.54, 1.807) is 13.3 Å². The van der Waals surface area contributed by atoms with Crippen LogP contribution in [-0.4, -0.2) is 42.8 Å². The minimum absolute atomic E-state index is 0.0130. The second-order valence-electron chi connectivity index (χ2n) is 6.82. The van der Waals surface area contributed by atoms with Crippen LogP contribution in [0.25, 0.3) is 16.2 Å². The maximum absolute atomic E-state index is 14.4. The molecular formula is C20H19FN6O2S. The highest BCUT2D eigenvalue weighted by Crippen LogP contribution is 2.31. The number of hydrogen-bond acceptors (Lipinski definition) is 8. The van der Waals surface area contributed by atoms with Crippen molar-refractivity contribution in [2.45, 2.75) is 32.8 Å². The summed E-state index contributed by atoms with van der Waals surface area (Å²) in [4.78, 5) is 27.7. The highest BCUT2D eigenvalue weighted by Gasteiger charge is 2.20. The number of ether oxygens (including phenoxy) is 1. The Bertz CT molecular complexity index is 1210. The zero-order chi connectivity index (χ0) is 21.3. The smallest absolute Gasteiger partial charge is 0.210 e. The molecule has 0 aliphatic heterocycles. The third kappa shape index (κ3) is 3.96. The van der Waals surface area contributed by atoms with Gasteiger partial charge in [0.2, 0.25) is 5.82 Å². The lowest BCUT2D eigenvalue weighted by atomic mass is 9.98. The van der Waals surface area contributed by atoms with Gasteiger partial charge in [-0.15, -0.1) is 4.80 Å². The van der Waals surface area contributed by atoms with Gasteiger partial charge in [-0.1, -0.05) is 11.3 Å². The lowest BCUT2D eigenvalue weighted by Crippen LogP contribution is -2.12. The summed E-state index contributed by atoms with van der Waals surface area (Å²) >= 11 is 1.50. The Morgan fingerprint density at radius 1 is 1.23 bits per heavy atom. The van der Waals surface area contributed by atoms with Crippen molar-refractivity contribution in [2.75, 3.05) is 7.11 Å². The van der Waals surface area contributed by atoms with Crippen molar-refractivity contribution >= 4 is 27.5 Å². The van der Waals surface area contributed by atoms with Gasteiger partial charge in [-0.05, 0) is 31.0 Å². The van der Waals surface area contributed by atoms with E-state index >= 15 is 0 Å². The van der Waals surface area contributed by atoms with Gasteiger partial charge in [-0.2, -0.15) is 10.2 Å². The minimum atomic E-state index is -0.591. The van der Waals surface area contributed by atoms with Gasteiger partial charge >= 0.3 is 0 Å². The van der Waals surface area contributed by atoms with E-state index in [4.69, 9.17) is 4.74 Å². The minimum Gasteiger partial charge on any atom is -0.377 e. The van der Waals surface area contributed by atoms with Gasteiger partial charge in [-0.3, -0.25) is 4.79 Å². The van der Waals surface area contributed by atoms with E-state index in [0.29, 0.717) is 5.56 Å². The summed E-state index contributed by atoms with van der Waals surface area (Å²) in [5, 5.41) is 8.64. The van der Waals surface area contributed by atoms with Crippen LogP contribution in [-0.2, 0) is 22.4 Å². The molecule has 0 bridgehead atoms. The van der Waals surface area contributed by atoms with Gasteiger partial charge in [-0.25, -0.2) is 19.3 Å². The summed E-state index contributed by atoms with van der Waals surface area (Å²) in [6.07, 6.45) is 5.99. The molecule has 4 rings (SSSR count). The highest BCUT2D eigenvalue weighted by atomic mass is 32.1. The summed E-state index contributed by atoms with van der Waals surface area (Å²) in [7, 11) is 1.62. The van der Waals surface area contributed by atoms with E-state index in [2.05, 4.69) is 25.1 Å². The Morgan fingerprint density at radius 2 is 2.00 bits per heavy atom. The zero-order valence-corrected chi connectivity index (χ0v) is 17.5. The molecule has 0 unspecified atom stereocenters. The molecule has 1 atom stereocenters. The second-order valence-corrected chi connectivity index (χ2v) is 8.00. The number of nitrogens with zero attached hydrogens (tertiary/aromatic N) is 6. The van der Waals surface area contributed by atoms with Crippen molar-refractivity contribution in [3.05, 3.63) is 58.4 Å². The number of rotatable bonds is 7. The second kappa shape index (κ2) is 8.33. The molecule has 30 heavy (non-hydrogen) atoms. The van der Waals surface area contributed by atoms with Crippen molar-refractivity contribution in [3.8, 4) is 5.82 Å². The fourth-order valence-electron chi connectivity index (χ4n) is 3.29. The number of fused-ring (bicyclic) bond motifs is 1. The molecular weight excluding hydrogens is 407 g/mol. The summed E-state index contributed by atoms with van der Waals surface area (Å²) in [5.41, 5.74) is 2.87. The van der Waals surface area contributed by atoms with E-state index in [1.807, 2.05) is 13.8 Å². The summed E-state index contributed by atoms with van der Waals surface area (Å²) < 4.78 is 19.9. The first-order valence-corrected chi connectivity index (χ1v) is 10.1. The van der Waals surface area contributed by atoms with Crippen molar-refractivity contribution in [3.63, 3.8) is 0 Å². The largest absolute Gasteiger partial charge is 0.377 e. The number of hydrogen-bond donors (Lipinski definition) is 0. The van der Waals surface area contributed by atoms with Crippen LogP contribution in [0.3, 0.4) is 0 Å². The Balaban J connectivity index is 1.57. The average molecular weight is 426 g/mol. The first-order valence-electron chi connectivity index (χ1n) is 9.26. The van der Waals surface area contributed by atoms with Crippen LogP contribution in [0.4, 0.5) is 4.39 Å². The fourth-order valence-corrected chi connectivity index (χ4v) is 4.07. The lowest BCUT2D eigenvalue weighted by molar-refractivity contribution is -0.117. The fraction of sp³-hybridized carbons (Fsp3) is 0.300. The molecule has 0 aliphatic rings. The third-order valence-electron chi connectivity index (χ3n) is 4.69. The summed E-state index contributed by atoms with van der Waals surface area (Å²) in [6.45, 7) is 3.83. The van der Waals surface area contributed by atoms with E-state index < -0.39 is 5.82 Å². The number of ketones is 1. The number of pyridine rings is 2.